The van der Waals surface area contributed by atoms with Gasteiger partial charge in [-0.1, -0.05) is 15.9 Å². The van der Waals surface area contributed by atoms with E-state index in [1.807, 2.05) is 6.07 Å². The normalized spacial score (nSPS) is 17.6. The van der Waals surface area contributed by atoms with Crippen molar-refractivity contribution in [3.8, 4) is 0 Å². The number of nitrogens with one attached hydrogen (secondary N) is 1. The number of anilines is 1. The quantitative estimate of drug-likeness (QED) is 0.820. The van der Waals surface area contributed by atoms with Crippen LogP contribution < -0.4 is 11.1 Å². The first kappa shape index (κ1) is 11.5. The van der Waals surface area contributed by atoms with Crippen LogP contribution in [0.4, 0.5) is 5.69 Å². The van der Waals surface area contributed by atoms with E-state index in [2.05, 4.69) is 28.2 Å². The van der Waals surface area contributed by atoms with Crippen LogP contribution in [0.2, 0.25) is 0 Å². The molecule has 2 rings (SSSR count). The van der Waals surface area contributed by atoms with Crippen molar-refractivity contribution in [2.75, 3.05) is 5.73 Å². The number of amides is 1. The van der Waals surface area contributed by atoms with Gasteiger partial charge in [0.25, 0.3) is 5.91 Å². The summed E-state index contributed by atoms with van der Waals surface area (Å²) >= 11 is 3.32. The molecule has 1 fully saturated rings. The second-order valence-electron chi connectivity index (χ2n) is 4.60. The highest BCUT2D eigenvalue weighted by Crippen LogP contribution is 2.31. The van der Waals surface area contributed by atoms with Gasteiger partial charge in [0.2, 0.25) is 0 Å². The molecule has 86 valence electrons. The minimum atomic E-state index is -0.0767. The zero-order valence-electron chi connectivity index (χ0n) is 9.22. The molecule has 0 atom stereocenters. The number of rotatable bonds is 2. The maximum atomic E-state index is 12.0. The first-order chi connectivity index (χ1) is 7.50. The maximum Gasteiger partial charge on any atom is 0.253 e. The van der Waals surface area contributed by atoms with Crippen molar-refractivity contribution in [1.82, 2.24) is 5.32 Å². The third-order valence-corrected chi connectivity index (χ3v) is 3.62. The number of nitrogen functional groups attached to an aromatic ring is 1. The molecule has 1 amide bonds. The molecule has 1 saturated carbocycles. The predicted octanol–water partition coefficient (Wildman–Crippen LogP) is 2.70. The van der Waals surface area contributed by atoms with Crippen LogP contribution in [0, 0.1) is 0 Å². The Morgan fingerprint density at radius 2 is 2.19 bits per heavy atom. The standard InChI is InChI=1S/C12H15BrN2O/c1-12(5-2-6-12)15-11(16)9-4-3-8(13)7-10(9)14/h3-4,7H,2,5-6,14H2,1H3,(H,15,16). The highest BCUT2D eigenvalue weighted by atomic mass is 79.9. The second kappa shape index (κ2) is 4.09. The van der Waals surface area contributed by atoms with Crippen LogP contribution >= 0.6 is 15.9 Å². The lowest BCUT2D eigenvalue weighted by molar-refractivity contribution is 0.0851. The largest absolute Gasteiger partial charge is 0.398 e. The predicted molar refractivity (Wildman–Crippen MR) is 68.3 cm³/mol. The number of benzene rings is 1. The van der Waals surface area contributed by atoms with Crippen LogP contribution in [0.3, 0.4) is 0 Å². The van der Waals surface area contributed by atoms with Crippen molar-refractivity contribution < 1.29 is 4.79 Å². The number of halogens is 1. The summed E-state index contributed by atoms with van der Waals surface area (Å²) in [4.78, 5) is 12.0. The fraction of sp³-hybridized carbons (Fsp3) is 0.417. The van der Waals surface area contributed by atoms with Crippen molar-refractivity contribution >= 4 is 27.5 Å². The average Bonchev–Trinajstić information content (AvgIpc) is 2.14. The van der Waals surface area contributed by atoms with Gasteiger partial charge >= 0.3 is 0 Å². The van der Waals surface area contributed by atoms with E-state index in [1.54, 1.807) is 12.1 Å². The molecule has 3 N–H and O–H groups in total. The van der Waals surface area contributed by atoms with Crippen LogP contribution in [-0.4, -0.2) is 11.4 Å². The number of hydrogen-bond acceptors (Lipinski definition) is 2. The average molecular weight is 283 g/mol. The van der Waals surface area contributed by atoms with E-state index in [4.69, 9.17) is 5.73 Å². The first-order valence-corrected chi connectivity index (χ1v) is 6.17. The number of carbonyl (C=O) groups is 1. The van der Waals surface area contributed by atoms with Crippen molar-refractivity contribution in [3.05, 3.63) is 28.2 Å². The molecule has 1 aliphatic rings. The fourth-order valence-corrected chi connectivity index (χ4v) is 2.29. The Labute approximate surface area is 104 Å². The zero-order valence-corrected chi connectivity index (χ0v) is 10.8. The Kier molecular flexibility index (Phi) is 2.93. The molecule has 1 aromatic rings. The van der Waals surface area contributed by atoms with Crippen molar-refractivity contribution in [2.24, 2.45) is 0 Å². The molecule has 4 heteroatoms. The zero-order chi connectivity index (χ0) is 11.8. The molecule has 0 spiro atoms. The van der Waals surface area contributed by atoms with Gasteiger partial charge in [-0.05, 0) is 44.4 Å². The molecule has 0 bridgehead atoms. The van der Waals surface area contributed by atoms with E-state index < -0.39 is 0 Å². The Balaban J connectivity index is 2.14. The van der Waals surface area contributed by atoms with Crippen molar-refractivity contribution in [1.29, 1.82) is 0 Å². The number of hydrogen-bond donors (Lipinski definition) is 2. The van der Waals surface area contributed by atoms with Gasteiger partial charge in [0.15, 0.2) is 0 Å². The van der Waals surface area contributed by atoms with Gasteiger partial charge in [-0.25, -0.2) is 0 Å². The summed E-state index contributed by atoms with van der Waals surface area (Å²) in [5.74, 6) is -0.0767. The summed E-state index contributed by atoms with van der Waals surface area (Å²) in [6.45, 7) is 2.07. The molecule has 0 aliphatic heterocycles. The Bertz CT molecular complexity index is 427. The molecule has 0 heterocycles. The molecule has 0 aromatic heterocycles. The second-order valence-corrected chi connectivity index (χ2v) is 5.52. The molecular formula is C12H15BrN2O. The van der Waals surface area contributed by atoms with E-state index in [0.717, 1.165) is 17.3 Å². The third-order valence-electron chi connectivity index (χ3n) is 3.13. The van der Waals surface area contributed by atoms with Crippen LogP contribution in [0.1, 0.15) is 36.5 Å². The molecular weight excluding hydrogens is 268 g/mol. The van der Waals surface area contributed by atoms with Gasteiger partial charge in [-0.2, -0.15) is 0 Å². The van der Waals surface area contributed by atoms with E-state index in [-0.39, 0.29) is 11.4 Å². The van der Waals surface area contributed by atoms with Crippen LogP contribution in [-0.2, 0) is 0 Å². The topological polar surface area (TPSA) is 55.1 Å². The molecule has 0 saturated heterocycles. The van der Waals surface area contributed by atoms with Crippen LogP contribution in [0.5, 0.6) is 0 Å². The summed E-state index contributed by atoms with van der Waals surface area (Å²) in [6.07, 6.45) is 3.29. The van der Waals surface area contributed by atoms with Crippen LogP contribution in [0.15, 0.2) is 22.7 Å². The Hall–Kier alpha value is -1.03. The van der Waals surface area contributed by atoms with Crippen molar-refractivity contribution in [2.45, 2.75) is 31.7 Å². The lowest BCUT2D eigenvalue weighted by atomic mass is 9.78. The fourth-order valence-electron chi connectivity index (χ4n) is 1.91. The van der Waals surface area contributed by atoms with Gasteiger partial charge in [-0.3, -0.25) is 4.79 Å². The smallest absolute Gasteiger partial charge is 0.253 e. The van der Waals surface area contributed by atoms with E-state index in [0.29, 0.717) is 11.3 Å². The summed E-state index contributed by atoms with van der Waals surface area (Å²) in [5.41, 5.74) is 6.84. The van der Waals surface area contributed by atoms with Crippen LogP contribution in [0.25, 0.3) is 0 Å². The summed E-state index contributed by atoms with van der Waals surface area (Å²) in [5, 5.41) is 3.04. The minimum Gasteiger partial charge on any atom is -0.398 e. The number of nitrogens with two attached hydrogens (primary N) is 1. The minimum absolute atomic E-state index is 0.0312. The molecule has 1 aliphatic carbocycles. The molecule has 0 radical (unpaired) electrons. The molecule has 3 nitrogen and oxygen atoms in total. The summed E-state index contributed by atoms with van der Waals surface area (Å²) in [7, 11) is 0. The molecule has 1 aromatic carbocycles. The summed E-state index contributed by atoms with van der Waals surface area (Å²) in [6, 6.07) is 5.32. The lowest BCUT2D eigenvalue weighted by Gasteiger charge is -2.39. The number of carbonyl (C=O) groups excluding carboxylic acids is 1. The first-order valence-electron chi connectivity index (χ1n) is 5.38. The van der Waals surface area contributed by atoms with E-state index in [1.165, 1.54) is 6.42 Å². The monoisotopic (exact) mass is 282 g/mol. The van der Waals surface area contributed by atoms with Gasteiger partial charge in [-0.15, -0.1) is 0 Å². The molecule has 0 unspecified atom stereocenters. The van der Waals surface area contributed by atoms with Gasteiger partial charge < -0.3 is 11.1 Å². The SMILES string of the molecule is CC1(NC(=O)c2ccc(Br)cc2N)CCC1. The molecule has 16 heavy (non-hydrogen) atoms. The van der Waals surface area contributed by atoms with E-state index >= 15 is 0 Å². The van der Waals surface area contributed by atoms with Gasteiger partial charge in [0, 0.05) is 15.7 Å². The van der Waals surface area contributed by atoms with E-state index in [9.17, 15) is 4.79 Å². The lowest BCUT2D eigenvalue weighted by Crippen LogP contribution is -2.51. The highest BCUT2D eigenvalue weighted by molar-refractivity contribution is 9.10. The van der Waals surface area contributed by atoms with Gasteiger partial charge in [0.1, 0.15) is 0 Å². The van der Waals surface area contributed by atoms with Crippen molar-refractivity contribution in [3.63, 3.8) is 0 Å². The highest BCUT2D eigenvalue weighted by Gasteiger charge is 2.33. The maximum absolute atomic E-state index is 12.0. The Morgan fingerprint density at radius 1 is 1.50 bits per heavy atom. The van der Waals surface area contributed by atoms with Gasteiger partial charge in [0.05, 0.1) is 5.56 Å². The third kappa shape index (κ3) is 2.21. The summed E-state index contributed by atoms with van der Waals surface area (Å²) < 4.78 is 0.886. The Morgan fingerprint density at radius 3 is 2.69 bits per heavy atom.